The summed E-state index contributed by atoms with van der Waals surface area (Å²) in [6, 6.07) is 11.8. The lowest BCUT2D eigenvalue weighted by molar-refractivity contribution is 0.0734. The fourth-order valence-corrected chi connectivity index (χ4v) is 2.95. The lowest BCUT2D eigenvalue weighted by Crippen LogP contribution is -2.22. The molecule has 0 amide bonds. The molecule has 24 heavy (non-hydrogen) atoms. The highest BCUT2D eigenvalue weighted by Gasteiger charge is 2.21. The first-order valence-corrected chi connectivity index (χ1v) is 8.52. The monoisotopic (exact) mass is 364 g/mol. The molecule has 2 rings (SSSR count). The molecule has 0 aliphatic heterocycles. The van der Waals surface area contributed by atoms with Crippen molar-refractivity contribution < 1.29 is 17.9 Å². The topological polar surface area (TPSA) is 87.5 Å². The highest BCUT2D eigenvalue weighted by atomic mass is 35.5. The van der Waals surface area contributed by atoms with E-state index in [2.05, 4.69) is 0 Å². The number of nitriles is 1. The number of benzene rings is 2. The summed E-state index contributed by atoms with van der Waals surface area (Å²) < 4.78 is 30.5. The number of nitrogens with zero attached hydrogens (tertiary/aromatic N) is 2. The van der Waals surface area contributed by atoms with Crippen molar-refractivity contribution in [2.24, 2.45) is 0 Å². The largest absolute Gasteiger partial charge is 0.423 e. The number of ether oxygens (including phenoxy) is 1. The number of esters is 1. The van der Waals surface area contributed by atoms with E-state index in [1.54, 1.807) is 12.1 Å². The van der Waals surface area contributed by atoms with Gasteiger partial charge in [-0.2, -0.15) is 5.26 Å². The Labute approximate surface area is 144 Å². The van der Waals surface area contributed by atoms with Crippen LogP contribution in [0.4, 0.5) is 0 Å². The summed E-state index contributed by atoms with van der Waals surface area (Å²) in [5.41, 5.74) is 0.247. The Hall–Kier alpha value is -2.40. The Morgan fingerprint density at radius 3 is 2.54 bits per heavy atom. The van der Waals surface area contributed by atoms with Gasteiger partial charge in [0.2, 0.25) is 10.0 Å². The fourth-order valence-electron chi connectivity index (χ4n) is 1.82. The molecular formula is C16H13ClN2O4S. The summed E-state index contributed by atoms with van der Waals surface area (Å²) in [4.78, 5) is 12.2. The van der Waals surface area contributed by atoms with Gasteiger partial charge in [0.15, 0.2) is 0 Å². The molecule has 0 aliphatic carbocycles. The highest BCUT2D eigenvalue weighted by molar-refractivity contribution is 7.89. The second-order valence-electron chi connectivity index (χ2n) is 4.96. The molecule has 2 aromatic rings. The minimum absolute atomic E-state index is 0.0640. The van der Waals surface area contributed by atoms with Crippen LogP contribution in [-0.4, -0.2) is 32.8 Å². The van der Waals surface area contributed by atoms with Gasteiger partial charge in [0.05, 0.1) is 27.1 Å². The quantitative estimate of drug-likeness (QED) is 0.614. The van der Waals surface area contributed by atoms with E-state index >= 15 is 0 Å². The van der Waals surface area contributed by atoms with Gasteiger partial charge in [0.1, 0.15) is 5.75 Å². The van der Waals surface area contributed by atoms with Crippen molar-refractivity contribution in [2.45, 2.75) is 4.90 Å². The molecule has 0 atom stereocenters. The van der Waals surface area contributed by atoms with Gasteiger partial charge in [-0.3, -0.25) is 0 Å². The van der Waals surface area contributed by atoms with Gasteiger partial charge in [-0.05, 0) is 36.4 Å². The minimum atomic E-state index is -3.71. The minimum Gasteiger partial charge on any atom is -0.423 e. The van der Waals surface area contributed by atoms with Crippen LogP contribution in [0.1, 0.15) is 15.9 Å². The standard InChI is InChI=1S/C16H13ClN2O4S/c1-19(2)24(21,22)13-6-7-15(17)14(9-13)16(20)23-12-5-3-4-11(8-12)10-18/h3-9H,1-2H3. The SMILES string of the molecule is CN(C)S(=O)(=O)c1ccc(Cl)c(C(=O)Oc2cccc(C#N)c2)c1. The Kier molecular flexibility index (Phi) is 5.24. The van der Waals surface area contributed by atoms with Crippen LogP contribution < -0.4 is 4.74 Å². The lowest BCUT2D eigenvalue weighted by atomic mass is 10.2. The van der Waals surface area contributed by atoms with E-state index in [0.717, 1.165) is 10.4 Å². The summed E-state index contributed by atoms with van der Waals surface area (Å²) >= 11 is 5.98. The highest BCUT2D eigenvalue weighted by Crippen LogP contribution is 2.24. The van der Waals surface area contributed by atoms with Crippen LogP contribution in [0.2, 0.25) is 5.02 Å². The zero-order chi connectivity index (χ0) is 17.9. The molecule has 0 fully saturated rings. The first-order chi connectivity index (χ1) is 11.3. The van der Waals surface area contributed by atoms with E-state index in [4.69, 9.17) is 21.6 Å². The molecule has 0 unspecified atom stereocenters. The summed E-state index contributed by atoms with van der Waals surface area (Å²) in [6.07, 6.45) is 0. The normalized spacial score (nSPS) is 11.1. The van der Waals surface area contributed by atoms with E-state index in [9.17, 15) is 13.2 Å². The second-order valence-corrected chi connectivity index (χ2v) is 7.52. The predicted octanol–water partition coefficient (Wildman–Crippen LogP) is 2.68. The first-order valence-electron chi connectivity index (χ1n) is 6.70. The molecule has 0 N–H and O–H groups in total. The van der Waals surface area contributed by atoms with Crippen LogP contribution in [0.5, 0.6) is 5.75 Å². The maximum atomic E-state index is 12.3. The van der Waals surface area contributed by atoms with Crippen molar-refractivity contribution in [3.63, 3.8) is 0 Å². The maximum absolute atomic E-state index is 12.3. The van der Waals surface area contributed by atoms with Crippen LogP contribution in [0.3, 0.4) is 0 Å². The molecule has 0 radical (unpaired) electrons. The summed E-state index contributed by atoms with van der Waals surface area (Å²) in [7, 11) is -0.941. The average Bonchev–Trinajstić information content (AvgIpc) is 2.54. The van der Waals surface area contributed by atoms with Crippen LogP contribution >= 0.6 is 11.6 Å². The molecule has 0 aliphatic rings. The van der Waals surface area contributed by atoms with Gasteiger partial charge < -0.3 is 4.74 Å². The van der Waals surface area contributed by atoms with Crippen LogP contribution in [0, 0.1) is 11.3 Å². The van der Waals surface area contributed by atoms with Crippen LogP contribution in [0.25, 0.3) is 0 Å². The van der Waals surface area contributed by atoms with Gasteiger partial charge >= 0.3 is 5.97 Å². The first kappa shape index (κ1) is 17.9. The molecule has 2 aromatic carbocycles. The number of sulfonamides is 1. The predicted molar refractivity (Wildman–Crippen MR) is 88.4 cm³/mol. The van der Waals surface area contributed by atoms with E-state index in [1.165, 1.54) is 38.4 Å². The zero-order valence-corrected chi connectivity index (χ0v) is 14.4. The number of hydrogen-bond acceptors (Lipinski definition) is 5. The van der Waals surface area contributed by atoms with Gasteiger partial charge in [0, 0.05) is 14.1 Å². The van der Waals surface area contributed by atoms with Crippen molar-refractivity contribution in [1.29, 1.82) is 5.26 Å². The van der Waals surface area contributed by atoms with Crippen molar-refractivity contribution in [2.75, 3.05) is 14.1 Å². The average molecular weight is 365 g/mol. The third-order valence-corrected chi connectivity index (χ3v) is 5.25. The molecule has 0 saturated heterocycles. The van der Waals surface area contributed by atoms with Crippen molar-refractivity contribution in [1.82, 2.24) is 4.31 Å². The zero-order valence-electron chi connectivity index (χ0n) is 12.9. The van der Waals surface area contributed by atoms with Crippen molar-refractivity contribution in [3.8, 4) is 11.8 Å². The number of rotatable bonds is 4. The van der Waals surface area contributed by atoms with E-state index in [-0.39, 0.29) is 21.2 Å². The summed E-state index contributed by atoms with van der Waals surface area (Å²) in [6.45, 7) is 0. The molecular weight excluding hydrogens is 352 g/mol. The number of carbonyl (C=O) groups excluding carboxylic acids is 1. The molecule has 8 heteroatoms. The number of halogens is 1. The smallest absolute Gasteiger partial charge is 0.345 e. The van der Waals surface area contributed by atoms with Gasteiger partial charge in [-0.25, -0.2) is 17.5 Å². The van der Waals surface area contributed by atoms with Crippen LogP contribution in [-0.2, 0) is 10.0 Å². The van der Waals surface area contributed by atoms with Gasteiger partial charge in [0.25, 0.3) is 0 Å². The molecule has 0 aromatic heterocycles. The molecule has 124 valence electrons. The second kappa shape index (κ2) is 7.01. The Morgan fingerprint density at radius 1 is 1.21 bits per heavy atom. The maximum Gasteiger partial charge on any atom is 0.345 e. The number of carbonyl (C=O) groups is 1. The Bertz CT molecular complexity index is 933. The third-order valence-electron chi connectivity index (χ3n) is 3.11. The summed E-state index contributed by atoms with van der Waals surface area (Å²) in [5.74, 6) is -0.651. The summed E-state index contributed by atoms with van der Waals surface area (Å²) in [5, 5.41) is 8.92. The lowest BCUT2D eigenvalue weighted by Gasteiger charge is -2.13. The van der Waals surface area contributed by atoms with E-state index in [1.807, 2.05) is 6.07 Å². The van der Waals surface area contributed by atoms with Gasteiger partial charge in [-0.15, -0.1) is 0 Å². The molecule has 0 heterocycles. The van der Waals surface area contributed by atoms with Crippen molar-refractivity contribution >= 4 is 27.6 Å². The third kappa shape index (κ3) is 3.74. The molecule has 6 nitrogen and oxygen atoms in total. The van der Waals surface area contributed by atoms with Gasteiger partial charge in [-0.1, -0.05) is 17.7 Å². The molecule has 0 saturated carbocycles. The molecule has 0 bridgehead atoms. The van der Waals surface area contributed by atoms with E-state index in [0.29, 0.717) is 5.56 Å². The van der Waals surface area contributed by atoms with E-state index < -0.39 is 16.0 Å². The fraction of sp³-hybridized carbons (Fsp3) is 0.125. The molecule has 0 spiro atoms. The van der Waals surface area contributed by atoms with Crippen LogP contribution in [0.15, 0.2) is 47.4 Å². The number of hydrogen-bond donors (Lipinski definition) is 0. The van der Waals surface area contributed by atoms with Crippen molar-refractivity contribution in [3.05, 3.63) is 58.6 Å². The Morgan fingerprint density at radius 2 is 1.92 bits per heavy atom. The Balaban J connectivity index is 2.37.